The van der Waals surface area contributed by atoms with Crippen molar-refractivity contribution < 1.29 is 32.2 Å². The highest BCUT2D eigenvalue weighted by Crippen LogP contribution is 2.33. The molecule has 11 heteroatoms. The van der Waals surface area contributed by atoms with E-state index in [9.17, 15) is 27.6 Å². The second kappa shape index (κ2) is 10.5. The van der Waals surface area contributed by atoms with E-state index in [0.717, 1.165) is 16.5 Å². The van der Waals surface area contributed by atoms with Crippen molar-refractivity contribution in [2.45, 2.75) is 25.6 Å². The van der Waals surface area contributed by atoms with Gasteiger partial charge in [-0.05, 0) is 48.4 Å². The van der Waals surface area contributed by atoms with E-state index in [1.165, 1.54) is 30.9 Å². The molecule has 2 heterocycles. The maximum Gasteiger partial charge on any atom is 0.418 e. The maximum absolute atomic E-state index is 13.8. The lowest BCUT2D eigenvalue weighted by Crippen LogP contribution is -2.34. The van der Waals surface area contributed by atoms with Crippen LogP contribution < -0.4 is 15.0 Å². The molecule has 0 saturated carbocycles. The molecule has 1 aliphatic heterocycles. The molecule has 0 unspecified atom stereocenters. The summed E-state index contributed by atoms with van der Waals surface area (Å²) in [5, 5.41) is -0.174. The Labute approximate surface area is 226 Å². The number of imide groups is 1. The highest BCUT2D eigenvalue weighted by atomic mass is 19.4. The predicted octanol–water partition coefficient (Wildman–Crippen LogP) is 4.51. The number of amides is 2. The number of aryl methyl sites for hydroxylation is 1. The van der Waals surface area contributed by atoms with Crippen LogP contribution in [0.25, 0.3) is 10.9 Å². The van der Waals surface area contributed by atoms with E-state index in [1.54, 1.807) is 42.5 Å². The molecule has 0 aliphatic carbocycles. The molecule has 1 aromatic heterocycles. The van der Waals surface area contributed by atoms with Gasteiger partial charge in [0.2, 0.25) is 0 Å². The molecule has 2 amide bonds. The lowest BCUT2D eigenvalue weighted by atomic mass is 10.1. The average Bonchev–Trinajstić information content (AvgIpc) is 3.19. The summed E-state index contributed by atoms with van der Waals surface area (Å²) in [6.07, 6.45) is -4.52. The first-order valence-corrected chi connectivity index (χ1v) is 12.4. The number of aromatic nitrogens is 2. The molecule has 0 fully saturated rings. The third-order valence-corrected chi connectivity index (χ3v) is 6.88. The van der Waals surface area contributed by atoms with Crippen LogP contribution >= 0.6 is 0 Å². The van der Waals surface area contributed by atoms with Gasteiger partial charge in [0, 0.05) is 19.5 Å². The Morgan fingerprint density at radius 2 is 1.48 bits per heavy atom. The van der Waals surface area contributed by atoms with Crippen molar-refractivity contribution in [2.24, 2.45) is 0 Å². The fourth-order valence-corrected chi connectivity index (χ4v) is 4.87. The number of carbonyl (C=O) groups is 2. The summed E-state index contributed by atoms with van der Waals surface area (Å²) in [6.45, 7) is -0.0697. The SMILES string of the molecule is COc1ccc(CCn2c(CCN3C(=O)c4ccccc4C3=O)nc3c(C(F)(F)F)cccc3c2=O)cc1OC. The Morgan fingerprint density at radius 3 is 2.10 bits per heavy atom. The molecule has 0 bridgehead atoms. The molecule has 206 valence electrons. The van der Waals surface area contributed by atoms with Crippen LogP contribution in [-0.4, -0.2) is 47.0 Å². The van der Waals surface area contributed by atoms with E-state index in [4.69, 9.17) is 9.47 Å². The highest BCUT2D eigenvalue weighted by Gasteiger charge is 2.36. The Morgan fingerprint density at radius 1 is 0.800 bits per heavy atom. The summed E-state index contributed by atoms with van der Waals surface area (Å²) in [5.41, 5.74) is -0.849. The van der Waals surface area contributed by atoms with E-state index in [1.807, 2.05) is 0 Å². The van der Waals surface area contributed by atoms with Crippen LogP contribution in [0.1, 0.15) is 37.7 Å². The van der Waals surface area contributed by atoms with Gasteiger partial charge in [-0.25, -0.2) is 4.98 Å². The zero-order valence-corrected chi connectivity index (χ0v) is 21.6. The van der Waals surface area contributed by atoms with Crippen LogP contribution in [0.3, 0.4) is 0 Å². The first-order valence-electron chi connectivity index (χ1n) is 12.4. The monoisotopic (exact) mass is 551 g/mol. The second-order valence-corrected chi connectivity index (χ2v) is 9.18. The highest BCUT2D eigenvalue weighted by molar-refractivity contribution is 6.21. The number of fused-ring (bicyclic) bond motifs is 2. The van der Waals surface area contributed by atoms with Crippen molar-refractivity contribution in [1.29, 1.82) is 0 Å². The number of para-hydroxylation sites is 1. The van der Waals surface area contributed by atoms with E-state index in [0.29, 0.717) is 17.9 Å². The first-order chi connectivity index (χ1) is 19.1. The molecule has 0 radical (unpaired) electrons. The molecular formula is C29H24F3N3O5. The molecule has 0 saturated heterocycles. The number of hydrogen-bond acceptors (Lipinski definition) is 6. The number of ether oxygens (including phenoxy) is 2. The van der Waals surface area contributed by atoms with Gasteiger partial charge in [-0.3, -0.25) is 23.9 Å². The molecule has 0 spiro atoms. The molecule has 5 rings (SSSR count). The van der Waals surface area contributed by atoms with Gasteiger partial charge >= 0.3 is 6.18 Å². The van der Waals surface area contributed by atoms with Gasteiger partial charge in [0.05, 0.1) is 41.8 Å². The summed E-state index contributed by atoms with van der Waals surface area (Å²) >= 11 is 0. The number of alkyl halides is 3. The van der Waals surface area contributed by atoms with Crippen molar-refractivity contribution in [2.75, 3.05) is 20.8 Å². The zero-order chi connectivity index (χ0) is 28.6. The number of halogens is 3. The molecule has 0 atom stereocenters. The van der Waals surface area contributed by atoms with Crippen molar-refractivity contribution >= 4 is 22.7 Å². The van der Waals surface area contributed by atoms with Crippen LogP contribution in [-0.2, 0) is 25.6 Å². The number of methoxy groups -OCH3 is 2. The molecule has 1 aliphatic rings. The van der Waals surface area contributed by atoms with Crippen LogP contribution in [0.15, 0.2) is 65.5 Å². The van der Waals surface area contributed by atoms with Gasteiger partial charge in [-0.2, -0.15) is 13.2 Å². The minimum Gasteiger partial charge on any atom is -0.493 e. The van der Waals surface area contributed by atoms with E-state index >= 15 is 0 Å². The van der Waals surface area contributed by atoms with Gasteiger partial charge in [0.1, 0.15) is 5.82 Å². The minimum absolute atomic E-state index is 0.0335. The predicted molar refractivity (Wildman–Crippen MR) is 140 cm³/mol. The first kappa shape index (κ1) is 26.9. The number of hydrogen-bond donors (Lipinski definition) is 0. The van der Waals surface area contributed by atoms with Crippen LogP contribution in [0.2, 0.25) is 0 Å². The quantitative estimate of drug-likeness (QED) is 0.299. The Kier molecular flexibility index (Phi) is 7.05. The van der Waals surface area contributed by atoms with Crippen molar-refractivity contribution in [3.8, 4) is 11.5 Å². The standard InChI is InChI=1S/C29H24F3N3O5/c1-39-22-11-10-17(16-23(22)40-2)12-14-34-24(13-15-35-26(36)18-6-3-4-7-19(18)27(35)37)33-25-20(28(34)38)8-5-9-21(25)29(30,31)32/h3-11,16H,12-15H2,1-2H3. The Bertz CT molecular complexity index is 1660. The van der Waals surface area contributed by atoms with E-state index in [2.05, 4.69) is 4.98 Å². The third kappa shape index (κ3) is 4.78. The van der Waals surface area contributed by atoms with Gasteiger partial charge in [-0.1, -0.05) is 24.3 Å². The lowest BCUT2D eigenvalue weighted by Gasteiger charge is -2.18. The Balaban J connectivity index is 1.53. The molecule has 4 aromatic rings. The second-order valence-electron chi connectivity index (χ2n) is 9.18. The topological polar surface area (TPSA) is 90.7 Å². The fourth-order valence-electron chi connectivity index (χ4n) is 4.87. The van der Waals surface area contributed by atoms with Crippen LogP contribution in [0.4, 0.5) is 13.2 Å². The number of rotatable bonds is 8. The van der Waals surface area contributed by atoms with Crippen molar-refractivity contribution in [3.63, 3.8) is 0 Å². The van der Waals surface area contributed by atoms with Crippen LogP contribution in [0.5, 0.6) is 11.5 Å². The minimum atomic E-state index is -4.73. The third-order valence-electron chi connectivity index (χ3n) is 6.88. The zero-order valence-electron chi connectivity index (χ0n) is 21.6. The van der Waals surface area contributed by atoms with Gasteiger partial charge < -0.3 is 9.47 Å². The van der Waals surface area contributed by atoms with E-state index < -0.39 is 34.6 Å². The number of carbonyl (C=O) groups excluding carboxylic acids is 2. The van der Waals surface area contributed by atoms with Crippen LogP contribution in [0, 0.1) is 0 Å². The number of nitrogens with zero attached hydrogens (tertiary/aromatic N) is 3. The average molecular weight is 552 g/mol. The summed E-state index contributed by atoms with van der Waals surface area (Å²) in [7, 11) is 3.00. The molecule has 40 heavy (non-hydrogen) atoms. The Hall–Kier alpha value is -4.67. The van der Waals surface area contributed by atoms with Gasteiger partial charge in [-0.15, -0.1) is 0 Å². The van der Waals surface area contributed by atoms with Gasteiger partial charge in [0.25, 0.3) is 17.4 Å². The van der Waals surface area contributed by atoms with Gasteiger partial charge in [0.15, 0.2) is 11.5 Å². The maximum atomic E-state index is 13.8. The summed E-state index contributed by atoms with van der Waals surface area (Å²) in [5.74, 6) is 0.0428. The molecule has 0 N–H and O–H groups in total. The summed E-state index contributed by atoms with van der Waals surface area (Å²) in [4.78, 5) is 44.5. The van der Waals surface area contributed by atoms with Crippen molar-refractivity contribution in [3.05, 3.63) is 99.1 Å². The fraction of sp³-hybridized carbons (Fsp3) is 0.241. The smallest absolute Gasteiger partial charge is 0.418 e. The normalized spacial score (nSPS) is 13.2. The van der Waals surface area contributed by atoms with E-state index in [-0.39, 0.29) is 41.8 Å². The van der Waals surface area contributed by atoms with Crippen molar-refractivity contribution in [1.82, 2.24) is 14.5 Å². The molecule has 8 nitrogen and oxygen atoms in total. The summed E-state index contributed by atoms with van der Waals surface area (Å²) in [6, 6.07) is 15.0. The number of benzene rings is 3. The largest absolute Gasteiger partial charge is 0.493 e. The summed E-state index contributed by atoms with van der Waals surface area (Å²) < 4.78 is 53.3. The molecular weight excluding hydrogens is 527 g/mol. The molecule has 3 aromatic carbocycles. The lowest BCUT2D eigenvalue weighted by molar-refractivity contribution is -0.136.